The van der Waals surface area contributed by atoms with Gasteiger partial charge in [0.05, 0.1) is 4.92 Å². The highest BCUT2D eigenvalue weighted by Crippen LogP contribution is 2.21. The molecule has 0 saturated heterocycles. The Morgan fingerprint density at radius 3 is 2.61 bits per heavy atom. The molecule has 0 aromatic heterocycles. The molecule has 1 amide bonds. The van der Waals surface area contributed by atoms with E-state index in [0.29, 0.717) is 11.4 Å². The van der Waals surface area contributed by atoms with Crippen molar-refractivity contribution in [3.8, 4) is 5.75 Å². The number of hydrogen-bond acceptors (Lipinski definition) is 4. The Hall–Kier alpha value is -2.89. The Morgan fingerprint density at radius 2 is 1.96 bits per heavy atom. The summed E-state index contributed by atoms with van der Waals surface area (Å²) in [6.07, 6.45) is -0.726. The number of carbonyl (C=O) groups is 1. The third-order valence-electron chi connectivity index (χ3n) is 3.33. The average molecular weight is 314 g/mol. The average Bonchev–Trinajstić information content (AvgIpc) is 2.50. The number of carbonyl (C=O) groups excluding carboxylic acids is 1. The molecule has 0 bridgehead atoms. The van der Waals surface area contributed by atoms with Gasteiger partial charge < -0.3 is 10.1 Å². The smallest absolute Gasteiger partial charge is 0.271 e. The van der Waals surface area contributed by atoms with E-state index in [2.05, 4.69) is 5.32 Å². The molecule has 0 aliphatic rings. The standard InChI is InChI=1S/C17H18N2O4/c1-11-7-8-16(12(2)9-11)23-13(3)17(20)18-14-5-4-6-15(10-14)19(21)22/h4-10,13H,1-3H3,(H,18,20). The molecule has 6 heteroatoms. The Morgan fingerprint density at radius 1 is 1.22 bits per heavy atom. The van der Waals surface area contributed by atoms with Crippen molar-refractivity contribution in [2.75, 3.05) is 5.32 Å². The molecule has 23 heavy (non-hydrogen) atoms. The van der Waals surface area contributed by atoms with E-state index < -0.39 is 11.0 Å². The van der Waals surface area contributed by atoms with Crippen LogP contribution in [0.15, 0.2) is 42.5 Å². The van der Waals surface area contributed by atoms with Crippen LogP contribution in [0.1, 0.15) is 18.1 Å². The minimum absolute atomic E-state index is 0.0780. The van der Waals surface area contributed by atoms with Crippen molar-refractivity contribution in [3.05, 3.63) is 63.7 Å². The number of rotatable bonds is 5. The Labute approximate surface area is 134 Å². The van der Waals surface area contributed by atoms with Crippen molar-refractivity contribution in [3.63, 3.8) is 0 Å². The number of hydrogen-bond donors (Lipinski definition) is 1. The number of nitrogens with zero attached hydrogens (tertiary/aromatic N) is 1. The lowest BCUT2D eigenvalue weighted by Crippen LogP contribution is -2.30. The number of anilines is 1. The lowest BCUT2D eigenvalue weighted by molar-refractivity contribution is -0.384. The van der Waals surface area contributed by atoms with E-state index in [9.17, 15) is 14.9 Å². The van der Waals surface area contributed by atoms with E-state index in [0.717, 1.165) is 11.1 Å². The molecule has 0 aliphatic heterocycles. The molecular weight excluding hydrogens is 296 g/mol. The van der Waals surface area contributed by atoms with Crippen LogP contribution >= 0.6 is 0 Å². The van der Waals surface area contributed by atoms with Gasteiger partial charge in [0.15, 0.2) is 6.10 Å². The molecule has 120 valence electrons. The van der Waals surface area contributed by atoms with Crippen molar-refractivity contribution < 1.29 is 14.5 Å². The fourth-order valence-corrected chi connectivity index (χ4v) is 2.12. The van der Waals surface area contributed by atoms with Gasteiger partial charge in [-0.15, -0.1) is 0 Å². The SMILES string of the molecule is Cc1ccc(OC(C)C(=O)Nc2cccc([N+](=O)[O-])c2)c(C)c1. The summed E-state index contributed by atoms with van der Waals surface area (Å²) < 4.78 is 5.67. The first-order chi connectivity index (χ1) is 10.9. The normalized spacial score (nSPS) is 11.6. The molecule has 2 aromatic rings. The second-order valence-corrected chi connectivity index (χ2v) is 5.33. The summed E-state index contributed by atoms with van der Waals surface area (Å²) in [5.41, 5.74) is 2.34. The molecule has 1 unspecified atom stereocenters. The van der Waals surface area contributed by atoms with Gasteiger partial charge in [-0.2, -0.15) is 0 Å². The van der Waals surface area contributed by atoms with Crippen LogP contribution in [0, 0.1) is 24.0 Å². The van der Waals surface area contributed by atoms with Gasteiger partial charge >= 0.3 is 0 Å². The van der Waals surface area contributed by atoms with E-state index in [4.69, 9.17) is 4.74 Å². The molecule has 1 N–H and O–H groups in total. The van der Waals surface area contributed by atoms with Gasteiger partial charge in [-0.3, -0.25) is 14.9 Å². The molecule has 1 atom stereocenters. The van der Waals surface area contributed by atoms with E-state index in [-0.39, 0.29) is 11.6 Å². The third kappa shape index (κ3) is 4.29. The van der Waals surface area contributed by atoms with Gasteiger partial charge in [-0.05, 0) is 38.5 Å². The first-order valence-corrected chi connectivity index (χ1v) is 7.16. The second-order valence-electron chi connectivity index (χ2n) is 5.33. The molecule has 6 nitrogen and oxygen atoms in total. The molecular formula is C17H18N2O4. The van der Waals surface area contributed by atoms with Crippen LogP contribution < -0.4 is 10.1 Å². The summed E-state index contributed by atoms with van der Waals surface area (Å²) in [4.78, 5) is 22.4. The number of amides is 1. The van der Waals surface area contributed by atoms with Crippen molar-refractivity contribution in [1.82, 2.24) is 0 Å². The highest BCUT2D eigenvalue weighted by Gasteiger charge is 2.17. The second kappa shape index (κ2) is 6.91. The lowest BCUT2D eigenvalue weighted by atomic mass is 10.1. The van der Waals surface area contributed by atoms with Crippen LogP contribution in [-0.2, 0) is 4.79 Å². The van der Waals surface area contributed by atoms with Crippen molar-refractivity contribution in [2.24, 2.45) is 0 Å². The van der Waals surface area contributed by atoms with Crippen LogP contribution in [0.3, 0.4) is 0 Å². The van der Waals surface area contributed by atoms with Crippen molar-refractivity contribution in [2.45, 2.75) is 26.9 Å². The minimum atomic E-state index is -0.726. The summed E-state index contributed by atoms with van der Waals surface area (Å²) >= 11 is 0. The number of nitro groups is 1. The Bertz CT molecular complexity index is 743. The highest BCUT2D eigenvalue weighted by atomic mass is 16.6. The third-order valence-corrected chi connectivity index (χ3v) is 3.33. The van der Waals surface area contributed by atoms with Crippen LogP contribution in [0.25, 0.3) is 0 Å². The maximum atomic E-state index is 12.2. The van der Waals surface area contributed by atoms with Gasteiger partial charge in [-0.1, -0.05) is 23.8 Å². The van der Waals surface area contributed by atoms with E-state index >= 15 is 0 Å². The largest absolute Gasteiger partial charge is 0.481 e. The van der Waals surface area contributed by atoms with Gasteiger partial charge in [0.25, 0.3) is 11.6 Å². The maximum Gasteiger partial charge on any atom is 0.271 e. The van der Waals surface area contributed by atoms with Crippen LogP contribution in [0.5, 0.6) is 5.75 Å². The Balaban J connectivity index is 2.05. The number of benzene rings is 2. The molecule has 0 saturated carbocycles. The van der Waals surface area contributed by atoms with E-state index in [1.54, 1.807) is 13.0 Å². The number of ether oxygens (including phenoxy) is 1. The number of aryl methyl sites for hydroxylation is 2. The minimum Gasteiger partial charge on any atom is -0.481 e. The van der Waals surface area contributed by atoms with E-state index in [1.165, 1.54) is 18.2 Å². The van der Waals surface area contributed by atoms with Gasteiger partial charge in [0.1, 0.15) is 5.75 Å². The zero-order valence-electron chi connectivity index (χ0n) is 13.2. The van der Waals surface area contributed by atoms with Gasteiger partial charge in [0, 0.05) is 17.8 Å². The maximum absolute atomic E-state index is 12.2. The summed E-state index contributed by atoms with van der Waals surface area (Å²) in [6, 6.07) is 11.5. The van der Waals surface area contributed by atoms with Crippen molar-refractivity contribution in [1.29, 1.82) is 0 Å². The van der Waals surface area contributed by atoms with Crippen LogP contribution in [0.4, 0.5) is 11.4 Å². The summed E-state index contributed by atoms with van der Waals surface area (Å²) in [5.74, 6) is 0.266. The first kappa shape index (κ1) is 16.5. The molecule has 0 spiro atoms. The predicted molar refractivity (Wildman–Crippen MR) is 87.7 cm³/mol. The van der Waals surface area contributed by atoms with E-state index in [1.807, 2.05) is 32.0 Å². The zero-order valence-corrected chi connectivity index (χ0v) is 13.2. The Kier molecular flexibility index (Phi) is 4.95. The van der Waals surface area contributed by atoms with Crippen LogP contribution in [0.2, 0.25) is 0 Å². The quantitative estimate of drug-likeness (QED) is 0.675. The fraction of sp³-hybridized carbons (Fsp3) is 0.235. The van der Waals surface area contributed by atoms with Crippen molar-refractivity contribution >= 4 is 17.3 Å². The molecule has 0 heterocycles. The van der Waals surface area contributed by atoms with Crippen LogP contribution in [-0.4, -0.2) is 16.9 Å². The highest BCUT2D eigenvalue weighted by molar-refractivity contribution is 5.94. The zero-order chi connectivity index (χ0) is 17.0. The fourth-order valence-electron chi connectivity index (χ4n) is 2.12. The van der Waals surface area contributed by atoms with Gasteiger partial charge in [0.2, 0.25) is 0 Å². The molecule has 0 aliphatic carbocycles. The molecule has 0 fully saturated rings. The number of nitro benzene ring substituents is 1. The lowest BCUT2D eigenvalue weighted by Gasteiger charge is -2.16. The van der Waals surface area contributed by atoms with Gasteiger partial charge in [-0.25, -0.2) is 0 Å². The summed E-state index contributed by atoms with van der Waals surface area (Å²) in [6.45, 7) is 5.52. The number of non-ortho nitro benzene ring substituents is 1. The topological polar surface area (TPSA) is 81.5 Å². The molecule has 0 radical (unpaired) electrons. The predicted octanol–water partition coefficient (Wildman–Crippen LogP) is 3.62. The molecule has 2 aromatic carbocycles. The monoisotopic (exact) mass is 314 g/mol. The summed E-state index contributed by atoms with van der Waals surface area (Å²) in [5, 5.41) is 13.4. The number of nitrogens with one attached hydrogen (secondary N) is 1. The first-order valence-electron chi connectivity index (χ1n) is 7.16. The molecule has 2 rings (SSSR count). The summed E-state index contributed by atoms with van der Waals surface area (Å²) in [7, 11) is 0.